The molecule has 25 heavy (non-hydrogen) atoms. The Labute approximate surface area is 147 Å². The van der Waals surface area contributed by atoms with Crippen LogP contribution in [0, 0.1) is 5.82 Å². The SMILES string of the molecule is C=C(Nc1ccc(F)c2c1C(C)CC2(C)C)/C(=C/N)C(NC)C(F)F. The van der Waals surface area contributed by atoms with E-state index < -0.39 is 12.5 Å². The molecule has 1 aliphatic carbocycles. The van der Waals surface area contributed by atoms with E-state index in [4.69, 9.17) is 5.73 Å². The maximum atomic E-state index is 14.4. The highest BCUT2D eigenvalue weighted by Crippen LogP contribution is 2.49. The van der Waals surface area contributed by atoms with E-state index in [1.807, 2.05) is 20.8 Å². The third-order valence-electron chi connectivity index (χ3n) is 4.89. The van der Waals surface area contributed by atoms with Gasteiger partial charge in [0.25, 0.3) is 6.43 Å². The molecule has 6 heteroatoms. The average molecular weight is 353 g/mol. The first-order valence-electron chi connectivity index (χ1n) is 8.30. The summed E-state index contributed by atoms with van der Waals surface area (Å²) in [6.07, 6.45) is -0.685. The second-order valence-corrected chi connectivity index (χ2v) is 7.20. The minimum Gasteiger partial charge on any atom is -0.404 e. The second kappa shape index (κ2) is 7.12. The van der Waals surface area contributed by atoms with Crippen molar-refractivity contribution < 1.29 is 13.2 Å². The van der Waals surface area contributed by atoms with E-state index in [2.05, 4.69) is 17.2 Å². The zero-order valence-corrected chi connectivity index (χ0v) is 15.1. The van der Waals surface area contributed by atoms with Gasteiger partial charge in [0.15, 0.2) is 0 Å². The lowest BCUT2D eigenvalue weighted by Crippen LogP contribution is -2.36. The summed E-state index contributed by atoms with van der Waals surface area (Å²) in [5, 5.41) is 5.62. The van der Waals surface area contributed by atoms with E-state index in [0.29, 0.717) is 11.3 Å². The zero-order chi connectivity index (χ0) is 18.9. The van der Waals surface area contributed by atoms with Crippen LogP contribution >= 0.6 is 0 Å². The Balaban J connectivity index is 2.39. The smallest absolute Gasteiger partial charge is 0.257 e. The van der Waals surface area contributed by atoms with E-state index >= 15 is 0 Å². The van der Waals surface area contributed by atoms with Gasteiger partial charge in [-0.1, -0.05) is 27.4 Å². The van der Waals surface area contributed by atoms with Crippen molar-refractivity contribution in [3.63, 3.8) is 0 Å². The number of nitrogens with two attached hydrogens (primary N) is 1. The number of halogens is 3. The van der Waals surface area contributed by atoms with Gasteiger partial charge in [-0.2, -0.15) is 0 Å². The summed E-state index contributed by atoms with van der Waals surface area (Å²) in [7, 11) is 1.44. The Morgan fingerprint density at radius 2 is 2.04 bits per heavy atom. The molecule has 0 fully saturated rings. The molecule has 4 N–H and O–H groups in total. The van der Waals surface area contributed by atoms with E-state index in [0.717, 1.165) is 18.2 Å². The lowest BCUT2D eigenvalue weighted by molar-refractivity contribution is 0.117. The number of likely N-dealkylation sites (N-methyl/N-ethyl adjacent to an activating group) is 1. The third kappa shape index (κ3) is 3.54. The summed E-state index contributed by atoms with van der Waals surface area (Å²) < 4.78 is 40.8. The van der Waals surface area contributed by atoms with Gasteiger partial charge in [-0.3, -0.25) is 0 Å². The topological polar surface area (TPSA) is 50.1 Å². The highest BCUT2D eigenvalue weighted by molar-refractivity contribution is 5.65. The van der Waals surface area contributed by atoms with E-state index in [1.165, 1.54) is 13.1 Å². The van der Waals surface area contributed by atoms with Crippen molar-refractivity contribution in [1.29, 1.82) is 0 Å². The molecule has 0 spiro atoms. The molecule has 1 aliphatic rings. The highest BCUT2D eigenvalue weighted by Gasteiger charge is 2.39. The van der Waals surface area contributed by atoms with Gasteiger partial charge in [0, 0.05) is 23.2 Å². The van der Waals surface area contributed by atoms with Crippen LogP contribution in [0.1, 0.15) is 44.2 Å². The van der Waals surface area contributed by atoms with Gasteiger partial charge >= 0.3 is 0 Å². The number of hydrogen-bond acceptors (Lipinski definition) is 3. The predicted octanol–water partition coefficient (Wildman–Crippen LogP) is 4.23. The Hall–Kier alpha value is -1.95. The number of fused-ring (bicyclic) bond motifs is 1. The van der Waals surface area contributed by atoms with Crippen molar-refractivity contribution >= 4 is 5.69 Å². The van der Waals surface area contributed by atoms with E-state index in [9.17, 15) is 13.2 Å². The minimum atomic E-state index is -2.63. The monoisotopic (exact) mass is 353 g/mol. The molecule has 0 radical (unpaired) electrons. The second-order valence-electron chi connectivity index (χ2n) is 7.20. The summed E-state index contributed by atoms with van der Waals surface area (Å²) in [4.78, 5) is 0. The summed E-state index contributed by atoms with van der Waals surface area (Å²) in [5.41, 5.74) is 7.96. The molecule has 0 heterocycles. The Morgan fingerprint density at radius 1 is 1.40 bits per heavy atom. The molecule has 0 amide bonds. The Bertz CT molecular complexity index is 695. The molecule has 1 aromatic rings. The molecule has 0 aromatic heterocycles. The quantitative estimate of drug-likeness (QED) is 0.671. The first-order chi connectivity index (χ1) is 11.6. The van der Waals surface area contributed by atoms with Crippen LogP contribution in [0.3, 0.4) is 0 Å². The molecule has 0 bridgehead atoms. The van der Waals surface area contributed by atoms with Crippen LogP contribution in [-0.4, -0.2) is 19.5 Å². The van der Waals surface area contributed by atoms with E-state index in [1.54, 1.807) is 6.07 Å². The lowest BCUT2D eigenvalue weighted by Gasteiger charge is -2.24. The summed E-state index contributed by atoms with van der Waals surface area (Å²) in [6, 6.07) is 1.80. The summed E-state index contributed by atoms with van der Waals surface area (Å²) in [5.74, 6) is -0.0905. The molecule has 0 aliphatic heterocycles. The van der Waals surface area contributed by atoms with Crippen LogP contribution in [0.25, 0.3) is 0 Å². The molecule has 2 rings (SSSR count). The zero-order valence-electron chi connectivity index (χ0n) is 15.1. The first-order valence-corrected chi connectivity index (χ1v) is 8.30. The molecular weight excluding hydrogens is 327 g/mol. The van der Waals surface area contributed by atoms with Gasteiger partial charge in [-0.25, -0.2) is 13.2 Å². The fraction of sp³-hybridized carbons (Fsp3) is 0.474. The Morgan fingerprint density at radius 3 is 2.56 bits per heavy atom. The largest absolute Gasteiger partial charge is 0.404 e. The van der Waals surface area contributed by atoms with Crippen LogP contribution in [0.2, 0.25) is 0 Å². The van der Waals surface area contributed by atoms with Crippen molar-refractivity contribution in [3.8, 4) is 0 Å². The first kappa shape index (κ1) is 19.4. The fourth-order valence-corrected chi connectivity index (χ4v) is 3.92. The van der Waals surface area contributed by atoms with Gasteiger partial charge < -0.3 is 16.4 Å². The molecule has 2 unspecified atom stereocenters. The average Bonchev–Trinajstić information content (AvgIpc) is 2.77. The molecule has 1 aromatic carbocycles. The van der Waals surface area contributed by atoms with Crippen LogP contribution in [0.4, 0.5) is 18.9 Å². The molecule has 0 saturated heterocycles. The minimum absolute atomic E-state index is 0.150. The number of hydrogen-bond donors (Lipinski definition) is 3. The number of alkyl halides is 2. The van der Waals surface area contributed by atoms with E-state index in [-0.39, 0.29) is 28.4 Å². The maximum absolute atomic E-state index is 14.4. The third-order valence-corrected chi connectivity index (χ3v) is 4.89. The van der Waals surface area contributed by atoms with Crippen molar-refractivity contribution in [1.82, 2.24) is 5.32 Å². The normalized spacial score (nSPS) is 20.5. The molecule has 138 valence electrons. The van der Waals surface area contributed by atoms with Crippen molar-refractivity contribution in [2.75, 3.05) is 12.4 Å². The molecule has 2 atom stereocenters. The lowest BCUT2D eigenvalue weighted by atomic mass is 9.85. The van der Waals surface area contributed by atoms with Crippen LogP contribution < -0.4 is 16.4 Å². The standard InChI is InChI=1S/C19H26F3N3/c1-10-8-19(3,4)16-13(20)6-7-14(15(10)16)25-11(2)12(9-23)17(24-5)18(21)22/h6-7,9-10,17-18,24-25H,2,8,23H2,1,3-5H3/b12-9-. The van der Waals surface area contributed by atoms with Crippen LogP contribution in [-0.2, 0) is 5.41 Å². The molecule has 0 saturated carbocycles. The Kier molecular flexibility index (Phi) is 5.52. The van der Waals surface area contributed by atoms with Crippen LogP contribution in [0.5, 0.6) is 0 Å². The van der Waals surface area contributed by atoms with Gasteiger partial charge in [0.1, 0.15) is 5.82 Å². The van der Waals surface area contributed by atoms with Crippen molar-refractivity contribution in [3.05, 3.63) is 53.1 Å². The number of benzene rings is 1. The van der Waals surface area contributed by atoms with Gasteiger partial charge in [-0.05, 0) is 48.1 Å². The van der Waals surface area contributed by atoms with Gasteiger partial charge in [-0.15, -0.1) is 0 Å². The van der Waals surface area contributed by atoms with Crippen LogP contribution in [0.15, 0.2) is 36.2 Å². The van der Waals surface area contributed by atoms with Crippen molar-refractivity contribution in [2.24, 2.45) is 5.73 Å². The van der Waals surface area contributed by atoms with Gasteiger partial charge in [0.2, 0.25) is 0 Å². The van der Waals surface area contributed by atoms with Gasteiger partial charge in [0.05, 0.1) is 6.04 Å². The molecule has 3 nitrogen and oxygen atoms in total. The number of rotatable bonds is 6. The highest BCUT2D eigenvalue weighted by atomic mass is 19.3. The summed E-state index contributed by atoms with van der Waals surface area (Å²) in [6.45, 7) is 9.91. The maximum Gasteiger partial charge on any atom is 0.257 e. The fourth-order valence-electron chi connectivity index (χ4n) is 3.92. The predicted molar refractivity (Wildman–Crippen MR) is 96.3 cm³/mol. The number of nitrogens with one attached hydrogen (secondary N) is 2. The van der Waals surface area contributed by atoms with Crippen molar-refractivity contribution in [2.45, 2.75) is 51.0 Å². The summed E-state index contributed by atoms with van der Waals surface area (Å²) >= 11 is 0. The number of anilines is 1. The molecular formula is C19H26F3N3.